The Morgan fingerprint density at radius 2 is 2.19 bits per heavy atom. The zero-order chi connectivity index (χ0) is 11.4. The molecule has 0 aliphatic heterocycles. The maximum atomic E-state index is 12.9. The molecule has 1 nitrogen and oxygen atoms in total. The number of halogens is 1. The summed E-state index contributed by atoms with van der Waals surface area (Å²) < 4.78 is 12.9. The van der Waals surface area contributed by atoms with Crippen LogP contribution in [0.1, 0.15) is 38.2 Å². The summed E-state index contributed by atoms with van der Waals surface area (Å²) in [5.41, 5.74) is 1.57. The van der Waals surface area contributed by atoms with Gasteiger partial charge >= 0.3 is 0 Å². The second-order valence-electron chi connectivity index (χ2n) is 4.94. The second kappa shape index (κ2) is 4.96. The normalized spacial score (nSPS) is 18.1. The van der Waals surface area contributed by atoms with Gasteiger partial charge in [-0.2, -0.15) is 0 Å². The van der Waals surface area contributed by atoms with Crippen LogP contribution in [0.25, 0.3) is 0 Å². The van der Waals surface area contributed by atoms with Crippen LogP contribution in [0.5, 0.6) is 0 Å². The van der Waals surface area contributed by atoms with E-state index in [0.717, 1.165) is 18.7 Å². The molecular weight excluding hydrogens is 201 g/mol. The zero-order valence-corrected chi connectivity index (χ0v) is 9.93. The lowest BCUT2D eigenvalue weighted by Gasteiger charge is -2.41. The minimum Gasteiger partial charge on any atom is -0.312 e. The van der Waals surface area contributed by atoms with Crippen LogP contribution in [0.15, 0.2) is 24.3 Å². The number of nitrogens with one attached hydrogen (secondary N) is 1. The topological polar surface area (TPSA) is 12.0 Å². The lowest BCUT2D eigenvalue weighted by molar-refractivity contribution is 0.124. The van der Waals surface area contributed by atoms with Gasteiger partial charge in [-0.3, -0.25) is 0 Å². The van der Waals surface area contributed by atoms with Crippen molar-refractivity contribution in [3.63, 3.8) is 0 Å². The van der Waals surface area contributed by atoms with Crippen LogP contribution in [0.4, 0.5) is 4.39 Å². The average Bonchev–Trinajstić information content (AvgIpc) is 2.22. The Bertz CT molecular complexity index is 339. The first kappa shape index (κ1) is 11.6. The minimum atomic E-state index is -0.145. The summed E-state index contributed by atoms with van der Waals surface area (Å²) in [6.45, 7) is 4.11. The van der Waals surface area contributed by atoms with Gasteiger partial charge in [0.1, 0.15) is 5.82 Å². The highest BCUT2D eigenvalue weighted by atomic mass is 19.1. The van der Waals surface area contributed by atoms with Crippen molar-refractivity contribution in [1.29, 1.82) is 0 Å². The van der Waals surface area contributed by atoms with Crippen LogP contribution in [-0.4, -0.2) is 6.54 Å². The minimum absolute atomic E-state index is 0.145. The van der Waals surface area contributed by atoms with E-state index in [1.165, 1.54) is 31.7 Å². The molecule has 0 saturated heterocycles. The van der Waals surface area contributed by atoms with Crippen molar-refractivity contribution in [3.05, 3.63) is 35.6 Å². The summed E-state index contributed by atoms with van der Waals surface area (Å²) in [4.78, 5) is 0. The van der Waals surface area contributed by atoms with Crippen LogP contribution < -0.4 is 5.32 Å². The maximum absolute atomic E-state index is 12.9. The summed E-state index contributed by atoms with van der Waals surface area (Å²) in [7, 11) is 0. The average molecular weight is 221 g/mol. The highest BCUT2D eigenvalue weighted by Crippen LogP contribution is 2.43. The van der Waals surface area contributed by atoms with E-state index in [1.807, 2.05) is 6.07 Å². The van der Waals surface area contributed by atoms with Crippen molar-refractivity contribution < 1.29 is 4.39 Å². The van der Waals surface area contributed by atoms with Gasteiger partial charge in [-0.15, -0.1) is 0 Å². The molecule has 1 aromatic rings. The van der Waals surface area contributed by atoms with Crippen LogP contribution in [0.3, 0.4) is 0 Å². The van der Waals surface area contributed by atoms with Gasteiger partial charge in [-0.25, -0.2) is 4.39 Å². The first-order chi connectivity index (χ1) is 7.74. The van der Waals surface area contributed by atoms with E-state index in [2.05, 4.69) is 12.2 Å². The third kappa shape index (κ3) is 2.62. The Balaban J connectivity index is 1.79. The fraction of sp³-hybridized carbons (Fsp3) is 0.571. The van der Waals surface area contributed by atoms with E-state index >= 15 is 0 Å². The van der Waals surface area contributed by atoms with Gasteiger partial charge in [0.05, 0.1) is 0 Å². The summed E-state index contributed by atoms with van der Waals surface area (Å²) in [5, 5.41) is 3.46. The van der Waals surface area contributed by atoms with Crippen LogP contribution >= 0.6 is 0 Å². The third-order valence-corrected chi connectivity index (χ3v) is 3.88. The molecule has 2 rings (SSSR count). The molecule has 1 aromatic carbocycles. The van der Waals surface area contributed by atoms with Crippen LogP contribution in [0, 0.1) is 11.2 Å². The number of hydrogen-bond acceptors (Lipinski definition) is 1. The molecule has 1 N–H and O–H groups in total. The molecule has 0 spiro atoms. The maximum Gasteiger partial charge on any atom is 0.123 e. The van der Waals surface area contributed by atoms with E-state index in [-0.39, 0.29) is 5.82 Å². The van der Waals surface area contributed by atoms with Gasteiger partial charge in [-0.05, 0) is 42.4 Å². The molecule has 1 aliphatic carbocycles. The van der Waals surface area contributed by atoms with E-state index in [9.17, 15) is 4.39 Å². The molecule has 0 aromatic heterocycles. The monoisotopic (exact) mass is 221 g/mol. The van der Waals surface area contributed by atoms with Gasteiger partial charge in [0.2, 0.25) is 0 Å². The lowest BCUT2D eigenvalue weighted by atomic mass is 9.67. The molecule has 0 unspecified atom stereocenters. The van der Waals surface area contributed by atoms with Gasteiger partial charge in [0, 0.05) is 13.1 Å². The number of benzene rings is 1. The Morgan fingerprint density at radius 1 is 1.38 bits per heavy atom. The van der Waals surface area contributed by atoms with Crippen LogP contribution in [0.2, 0.25) is 0 Å². The molecule has 1 fully saturated rings. The molecule has 16 heavy (non-hydrogen) atoms. The van der Waals surface area contributed by atoms with Gasteiger partial charge in [-0.1, -0.05) is 25.5 Å². The highest BCUT2D eigenvalue weighted by Gasteiger charge is 2.34. The predicted molar refractivity (Wildman–Crippen MR) is 64.7 cm³/mol. The van der Waals surface area contributed by atoms with Gasteiger partial charge in [0.25, 0.3) is 0 Å². The van der Waals surface area contributed by atoms with Crippen molar-refractivity contribution in [2.75, 3.05) is 6.54 Å². The summed E-state index contributed by atoms with van der Waals surface area (Å²) in [6.07, 6.45) is 5.32. The summed E-state index contributed by atoms with van der Waals surface area (Å²) >= 11 is 0. The smallest absolute Gasteiger partial charge is 0.123 e. The Kier molecular flexibility index (Phi) is 3.59. The molecule has 1 aliphatic rings. The predicted octanol–water partition coefficient (Wildman–Crippen LogP) is 3.50. The van der Waals surface area contributed by atoms with E-state index in [1.54, 1.807) is 12.1 Å². The van der Waals surface area contributed by atoms with Crippen molar-refractivity contribution in [1.82, 2.24) is 5.32 Å². The summed E-state index contributed by atoms with van der Waals surface area (Å²) in [6, 6.07) is 6.83. The molecule has 0 bridgehead atoms. The van der Waals surface area contributed by atoms with Crippen molar-refractivity contribution in [2.24, 2.45) is 5.41 Å². The Labute approximate surface area is 97.1 Å². The van der Waals surface area contributed by atoms with Crippen molar-refractivity contribution in [2.45, 2.75) is 39.2 Å². The Morgan fingerprint density at radius 3 is 2.75 bits per heavy atom. The SMILES string of the molecule is CCC1(CNCc2cccc(F)c2)CCC1. The Hall–Kier alpha value is -0.890. The second-order valence-corrected chi connectivity index (χ2v) is 4.94. The molecule has 0 atom stereocenters. The fourth-order valence-electron chi connectivity index (χ4n) is 2.45. The largest absolute Gasteiger partial charge is 0.312 e. The molecular formula is C14H20FN. The number of hydrogen-bond donors (Lipinski definition) is 1. The standard InChI is InChI=1S/C14H20FN/c1-2-14(7-4-8-14)11-16-10-12-5-3-6-13(15)9-12/h3,5-6,9,16H,2,4,7-8,10-11H2,1H3. The molecule has 0 radical (unpaired) electrons. The number of rotatable bonds is 5. The molecule has 0 amide bonds. The van der Waals surface area contributed by atoms with E-state index in [0.29, 0.717) is 5.41 Å². The highest BCUT2D eigenvalue weighted by molar-refractivity contribution is 5.16. The molecule has 1 saturated carbocycles. The summed E-state index contributed by atoms with van der Waals surface area (Å²) in [5.74, 6) is -0.145. The molecule has 2 heteroatoms. The van der Waals surface area contributed by atoms with Gasteiger partial charge < -0.3 is 5.32 Å². The first-order valence-electron chi connectivity index (χ1n) is 6.19. The first-order valence-corrected chi connectivity index (χ1v) is 6.19. The van der Waals surface area contributed by atoms with Gasteiger partial charge in [0.15, 0.2) is 0 Å². The van der Waals surface area contributed by atoms with Crippen molar-refractivity contribution >= 4 is 0 Å². The van der Waals surface area contributed by atoms with Crippen LogP contribution in [-0.2, 0) is 6.54 Å². The van der Waals surface area contributed by atoms with Crippen molar-refractivity contribution in [3.8, 4) is 0 Å². The molecule has 88 valence electrons. The third-order valence-electron chi connectivity index (χ3n) is 3.88. The fourth-order valence-corrected chi connectivity index (χ4v) is 2.45. The quantitative estimate of drug-likeness (QED) is 0.802. The van der Waals surface area contributed by atoms with E-state index in [4.69, 9.17) is 0 Å². The zero-order valence-electron chi connectivity index (χ0n) is 9.93. The lowest BCUT2D eigenvalue weighted by Crippen LogP contribution is -2.39. The molecule has 0 heterocycles. The van der Waals surface area contributed by atoms with E-state index < -0.39 is 0 Å².